The minimum atomic E-state index is -4.64. The zero-order chi connectivity index (χ0) is 33.3. The summed E-state index contributed by atoms with van der Waals surface area (Å²) in [6, 6.07) is 6.89. The minimum absolute atomic E-state index is 0.000333. The van der Waals surface area contributed by atoms with Gasteiger partial charge in [-0.3, -0.25) is 14.4 Å². The molecule has 0 bridgehead atoms. The van der Waals surface area contributed by atoms with Gasteiger partial charge < -0.3 is 29.9 Å². The quantitative estimate of drug-likeness (QED) is 0.415. The van der Waals surface area contributed by atoms with E-state index in [0.717, 1.165) is 12.1 Å². The summed E-state index contributed by atoms with van der Waals surface area (Å²) in [5.74, 6) is -1.06. The maximum atomic E-state index is 14.1. The van der Waals surface area contributed by atoms with Gasteiger partial charge in [-0.15, -0.1) is 0 Å². The summed E-state index contributed by atoms with van der Waals surface area (Å²) in [6.07, 6.45) is -4.24. The molecule has 0 spiro atoms. The number of carbonyl (C=O) groups excluding carboxylic acids is 3. The number of aryl methyl sites for hydroxylation is 1. The number of carbonyl (C=O) groups is 4. The summed E-state index contributed by atoms with van der Waals surface area (Å²) >= 11 is 0. The monoisotopic (exact) mass is 632 g/mol. The van der Waals surface area contributed by atoms with Crippen LogP contribution in [0.2, 0.25) is 0 Å². The topological polar surface area (TPSA) is 119 Å². The lowest BCUT2D eigenvalue weighted by Crippen LogP contribution is -2.54. The lowest BCUT2D eigenvalue weighted by atomic mass is 9.90. The van der Waals surface area contributed by atoms with Crippen LogP contribution < -0.4 is 15.0 Å². The fourth-order valence-electron chi connectivity index (χ4n) is 5.97. The number of carboxylic acid groups (broad SMARTS) is 1. The predicted octanol–water partition coefficient (Wildman–Crippen LogP) is 5.17. The van der Waals surface area contributed by atoms with Crippen molar-refractivity contribution in [3.8, 4) is 5.75 Å². The molecule has 2 aliphatic heterocycles. The highest BCUT2D eigenvalue weighted by Gasteiger charge is 2.47. The summed E-state index contributed by atoms with van der Waals surface area (Å²) in [6.45, 7) is 9.05. The van der Waals surface area contributed by atoms with Crippen molar-refractivity contribution in [2.45, 2.75) is 77.7 Å². The maximum absolute atomic E-state index is 14.1. The molecule has 4 rings (SSSR count). The number of halogens is 3. The van der Waals surface area contributed by atoms with Crippen molar-refractivity contribution < 1.29 is 42.2 Å². The second-order valence-corrected chi connectivity index (χ2v) is 11.8. The van der Waals surface area contributed by atoms with Crippen LogP contribution in [0.15, 0.2) is 36.4 Å². The number of hydrogen-bond donors (Lipinski definition) is 2. The van der Waals surface area contributed by atoms with Crippen molar-refractivity contribution in [3.63, 3.8) is 0 Å². The first kappa shape index (κ1) is 33.6. The van der Waals surface area contributed by atoms with Gasteiger partial charge in [0.25, 0.3) is 11.8 Å². The number of amides is 4. The second-order valence-electron chi connectivity index (χ2n) is 11.8. The molecule has 2 atom stereocenters. The molecule has 244 valence electrons. The van der Waals surface area contributed by atoms with Gasteiger partial charge in [-0.2, -0.15) is 13.2 Å². The lowest BCUT2D eigenvalue weighted by molar-refractivity contribution is -0.139. The Morgan fingerprint density at radius 3 is 2.53 bits per heavy atom. The number of ether oxygens (including phenoxy) is 1. The Kier molecular flexibility index (Phi) is 9.69. The van der Waals surface area contributed by atoms with Crippen LogP contribution in [0.4, 0.5) is 23.7 Å². The van der Waals surface area contributed by atoms with Crippen LogP contribution in [0.1, 0.15) is 74.0 Å². The first-order valence-corrected chi connectivity index (χ1v) is 15.0. The van der Waals surface area contributed by atoms with Crippen LogP contribution in [0.3, 0.4) is 0 Å². The molecule has 0 aliphatic carbocycles. The van der Waals surface area contributed by atoms with Crippen LogP contribution in [0.25, 0.3) is 0 Å². The van der Waals surface area contributed by atoms with Gasteiger partial charge in [0.2, 0.25) is 11.5 Å². The van der Waals surface area contributed by atoms with Crippen LogP contribution in [-0.4, -0.2) is 77.0 Å². The fourth-order valence-corrected chi connectivity index (χ4v) is 5.97. The third kappa shape index (κ3) is 6.86. The molecule has 0 radical (unpaired) electrons. The van der Waals surface area contributed by atoms with Crippen molar-refractivity contribution in [3.05, 3.63) is 58.7 Å². The van der Waals surface area contributed by atoms with Gasteiger partial charge in [0.1, 0.15) is 5.75 Å². The van der Waals surface area contributed by atoms with E-state index in [1.807, 2.05) is 13.8 Å². The molecule has 2 aliphatic rings. The number of hydrogen-bond acceptors (Lipinski definition) is 5. The molecule has 13 heteroatoms. The summed E-state index contributed by atoms with van der Waals surface area (Å²) in [5, 5.41) is 12.3. The Balaban J connectivity index is 1.77. The van der Waals surface area contributed by atoms with E-state index in [1.165, 1.54) is 34.9 Å². The Morgan fingerprint density at radius 1 is 1.20 bits per heavy atom. The van der Waals surface area contributed by atoms with E-state index in [4.69, 9.17) is 4.74 Å². The number of likely N-dealkylation sites (tertiary alicyclic amines) is 1. The van der Waals surface area contributed by atoms with E-state index in [-0.39, 0.29) is 72.5 Å². The summed E-state index contributed by atoms with van der Waals surface area (Å²) in [4.78, 5) is 56.2. The van der Waals surface area contributed by atoms with Crippen molar-refractivity contribution in [2.24, 2.45) is 0 Å². The van der Waals surface area contributed by atoms with Crippen molar-refractivity contribution in [1.29, 1.82) is 0 Å². The first-order valence-electron chi connectivity index (χ1n) is 15.0. The first-order chi connectivity index (χ1) is 21.1. The fraction of sp³-hybridized carbons (Fsp3) is 0.500. The normalized spacial score (nSPS) is 20.0. The molecule has 0 saturated carbocycles. The molecule has 4 amide bonds. The van der Waals surface area contributed by atoms with E-state index >= 15 is 0 Å². The third-order valence-corrected chi connectivity index (χ3v) is 8.37. The van der Waals surface area contributed by atoms with Crippen molar-refractivity contribution in [2.75, 3.05) is 31.1 Å². The smallest absolute Gasteiger partial charge is 0.416 e. The largest absolute Gasteiger partial charge is 0.471 e. The number of nitrogens with zero attached hydrogens (tertiary/aromatic N) is 3. The summed E-state index contributed by atoms with van der Waals surface area (Å²) in [7, 11) is 0. The van der Waals surface area contributed by atoms with Gasteiger partial charge in [-0.25, -0.2) is 4.79 Å². The molecule has 2 aromatic carbocycles. The number of rotatable bonds is 8. The van der Waals surface area contributed by atoms with Gasteiger partial charge in [0, 0.05) is 49.8 Å². The average molecular weight is 633 g/mol. The van der Waals surface area contributed by atoms with E-state index in [9.17, 15) is 37.5 Å². The lowest BCUT2D eigenvalue weighted by Gasteiger charge is -2.42. The van der Waals surface area contributed by atoms with Crippen molar-refractivity contribution in [1.82, 2.24) is 15.1 Å². The SMILES string of the molecule is CCC(=O)NCCN1C(=O)C(C)(c2cccc(C(F)(F)F)c2)Oc2cc(C)c(C(=O)N(C(C)C)[C@@H]3CCCN(C(=O)O)C3)cc21. The molecular weight excluding hydrogens is 593 g/mol. The van der Waals surface area contributed by atoms with Crippen molar-refractivity contribution >= 4 is 29.5 Å². The molecule has 2 heterocycles. The van der Waals surface area contributed by atoms with Gasteiger partial charge in [0.15, 0.2) is 0 Å². The van der Waals surface area contributed by atoms with Gasteiger partial charge in [-0.05, 0) is 70.4 Å². The van der Waals surface area contributed by atoms with E-state index in [1.54, 1.807) is 24.8 Å². The Labute approximate surface area is 260 Å². The van der Waals surface area contributed by atoms with Crippen LogP contribution >= 0.6 is 0 Å². The highest BCUT2D eigenvalue weighted by Crippen LogP contribution is 2.44. The minimum Gasteiger partial charge on any atom is -0.471 e. The number of nitrogens with one attached hydrogen (secondary N) is 1. The molecular formula is C32H39F3N4O6. The maximum Gasteiger partial charge on any atom is 0.416 e. The summed E-state index contributed by atoms with van der Waals surface area (Å²) in [5.41, 5.74) is -1.75. The molecule has 2 N–H and O–H groups in total. The Hall–Kier alpha value is -4.29. The Bertz CT molecular complexity index is 1480. The predicted molar refractivity (Wildman–Crippen MR) is 160 cm³/mol. The number of fused-ring (bicyclic) bond motifs is 1. The van der Waals surface area contributed by atoms with E-state index in [0.29, 0.717) is 24.9 Å². The average Bonchev–Trinajstić information content (AvgIpc) is 2.98. The molecule has 1 saturated heterocycles. The molecule has 2 aromatic rings. The Morgan fingerprint density at radius 2 is 1.91 bits per heavy atom. The standard InChI is InChI=1S/C32H39F3N4O6/c1-6-27(40)36-12-14-38-25-17-24(28(41)39(19(2)3)23-11-8-13-37(18-23)30(43)44)20(4)15-26(25)45-31(5,29(38)42)21-9-7-10-22(16-21)32(33,34)35/h7,9-10,15-17,19,23H,6,8,11-14,18H2,1-5H3,(H,36,40)(H,43,44)/t23-,31?/m1/s1. The molecule has 0 aromatic heterocycles. The molecule has 45 heavy (non-hydrogen) atoms. The zero-order valence-electron chi connectivity index (χ0n) is 26.0. The van der Waals surface area contributed by atoms with Gasteiger partial charge in [0.05, 0.1) is 17.3 Å². The van der Waals surface area contributed by atoms with Crippen LogP contribution in [-0.2, 0) is 21.4 Å². The van der Waals surface area contributed by atoms with E-state index in [2.05, 4.69) is 5.32 Å². The highest BCUT2D eigenvalue weighted by atomic mass is 19.4. The zero-order valence-corrected chi connectivity index (χ0v) is 26.0. The molecule has 10 nitrogen and oxygen atoms in total. The number of piperidine rings is 1. The summed E-state index contributed by atoms with van der Waals surface area (Å²) < 4.78 is 47.0. The molecule has 1 fully saturated rings. The highest BCUT2D eigenvalue weighted by molar-refractivity contribution is 6.05. The van der Waals surface area contributed by atoms with Gasteiger partial charge in [-0.1, -0.05) is 19.1 Å². The number of benzene rings is 2. The number of anilines is 1. The van der Waals surface area contributed by atoms with Crippen LogP contribution in [0.5, 0.6) is 5.75 Å². The second kappa shape index (κ2) is 13.0. The van der Waals surface area contributed by atoms with E-state index < -0.39 is 29.3 Å². The number of alkyl halides is 3. The van der Waals surface area contributed by atoms with Crippen LogP contribution in [0, 0.1) is 6.92 Å². The molecule has 1 unspecified atom stereocenters. The third-order valence-electron chi connectivity index (χ3n) is 8.37. The van der Waals surface area contributed by atoms with Gasteiger partial charge >= 0.3 is 12.3 Å².